The lowest BCUT2D eigenvalue weighted by atomic mass is 9.98. The molecule has 0 spiro atoms. The molecule has 3 aromatic rings. The molecule has 0 fully saturated rings. The van der Waals surface area contributed by atoms with Gasteiger partial charge < -0.3 is 24.5 Å². The van der Waals surface area contributed by atoms with Crippen LogP contribution in [-0.2, 0) is 0 Å². The van der Waals surface area contributed by atoms with Crippen LogP contribution in [0.4, 0.5) is 0 Å². The zero-order valence-corrected chi connectivity index (χ0v) is 23.4. The fourth-order valence-corrected chi connectivity index (χ4v) is 4.60. The minimum atomic E-state index is -0.472. The summed E-state index contributed by atoms with van der Waals surface area (Å²) >= 11 is 0. The molecule has 0 bridgehead atoms. The molecule has 10 heteroatoms. The molecule has 4 rings (SSSR count). The fourth-order valence-electron chi connectivity index (χ4n) is 4.60. The first kappa shape index (κ1) is 28.7. The van der Waals surface area contributed by atoms with Crippen LogP contribution in [0.15, 0.2) is 61.1 Å². The van der Waals surface area contributed by atoms with Gasteiger partial charge in [0.2, 0.25) is 5.88 Å². The largest absolute Gasteiger partial charge is 0.472 e. The van der Waals surface area contributed by atoms with Gasteiger partial charge in [-0.25, -0.2) is 4.98 Å². The van der Waals surface area contributed by atoms with Crippen molar-refractivity contribution < 1.29 is 24.2 Å². The van der Waals surface area contributed by atoms with Crippen LogP contribution in [0.25, 0.3) is 11.1 Å². The number of benzene rings is 1. The molecule has 3 amide bonds. The number of aromatic nitrogens is 2. The number of hydrogen-bond donors (Lipinski definition) is 1. The average Bonchev–Trinajstić information content (AvgIpc) is 2.97. The highest BCUT2D eigenvalue weighted by atomic mass is 16.5. The van der Waals surface area contributed by atoms with Crippen LogP contribution in [0.3, 0.4) is 0 Å². The van der Waals surface area contributed by atoms with Crippen molar-refractivity contribution in [3.63, 3.8) is 0 Å². The van der Waals surface area contributed by atoms with Crippen molar-refractivity contribution >= 4 is 17.7 Å². The Morgan fingerprint density at radius 1 is 1.07 bits per heavy atom. The zero-order valence-electron chi connectivity index (χ0n) is 23.4. The van der Waals surface area contributed by atoms with Gasteiger partial charge in [-0.15, -0.1) is 0 Å². The van der Waals surface area contributed by atoms with E-state index in [9.17, 15) is 19.5 Å². The molecule has 0 aliphatic carbocycles. The first-order valence-electron chi connectivity index (χ1n) is 13.2. The predicted molar refractivity (Wildman–Crippen MR) is 150 cm³/mol. The molecule has 1 N–H and O–H groups in total. The van der Waals surface area contributed by atoms with Gasteiger partial charge in [-0.3, -0.25) is 19.4 Å². The summed E-state index contributed by atoms with van der Waals surface area (Å²) in [5, 5.41) is 9.92. The molecule has 0 saturated heterocycles. The van der Waals surface area contributed by atoms with E-state index < -0.39 is 12.1 Å². The van der Waals surface area contributed by atoms with Gasteiger partial charge in [0.05, 0.1) is 24.8 Å². The van der Waals surface area contributed by atoms with E-state index in [-0.39, 0.29) is 48.2 Å². The number of hydrogen-bond acceptors (Lipinski definition) is 7. The van der Waals surface area contributed by atoms with E-state index in [0.29, 0.717) is 23.2 Å². The Balaban J connectivity index is 1.67. The lowest BCUT2D eigenvalue weighted by Gasteiger charge is -2.37. The maximum Gasteiger partial charge on any atom is 0.259 e. The van der Waals surface area contributed by atoms with Crippen LogP contribution >= 0.6 is 0 Å². The summed E-state index contributed by atoms with van der Waals surface area (Å²) in [5.74, 6) is -0.592. The van der Waals surface area contributed by atoms with E-state index in [1.807, 2.05) is 19.1 Å². The van der Waals surface area contributed by atoms with Crippen molar-refractivity contribution in [2.24, 2.45) is 5.92 Å². The number of nitrogens with zero attached hydrogens (tertiary/aromatic N) is 5. The summed E-state index contributed by atoms with van der Waals surface area (Å²) in [7, 11) is 5.09. The number of aliphatic hydroxyl groups is 1. The van der Waals surface area contributed by atoms with Crippen LogP contribution in [-0.4, -0.2) is 100 Å². The highest BCUT2D eigenvalue weighted by molar-refractivity contribution is 5.98. The molecule has 3 atom stereocenters. The average molecular weight is 546 g/mol. The molecule has 0 radical (unpaired) electrons. The van der Waals surface area contributed by atoms with Crippen molar-refractivity contribution in [3.8, 4) is 17.0 Å². The number of pyridine rings is 2. The second-order valence-corrected chi connectivity index (χ2v) is 10.4. The molecule has 0 saturated carbocycles. The Morgan fingerprint density at radius 3 is 2.42 bits per heavy atom. The summed E-state index contributed by atoms with van der Waals surface area (Å²) < 4.78 is 6.33. The number of likely N-dealkylation sites (N-methyl/N-ethyl adjacent to an activating group) is 1. The number of carbonyl (C=O) groups is 3. The smallest absolute Gasteiger partial charge is 0.259 e. The van der Waals surface area contributed by atoms with E-state index in [2.05, 4.69) is 9.97 Å². The van der Waals surface area contributed by atoms with Gasteiger partial charge in [0.1, 0.15) is 11.7 Å². The lowest BCUT2D eigenvalue weighted by Crippen LogP contribution is -2.50. The molecule has 3 heterocycles. The highest BCUT2D eigenvalue weighted by Gasteiger charge is 2.35. The summed E-state index contributed by atoms with van der Waals surface area (Å²) in [6, 6.07) is 11.8. The maximum absolute atomic E-state index is 13.7. The Hall–Kier alpha value is -4.31. The molecular weight excluding hydrogens is 510 g/mol. The third kappa shape index (κ3) is 6.12. The topological polar surface area (TPSA) is 116 Å². The van der Waals surface area contributed by atoms with Crippen molar-refractivity contribution in [1.29, 1.82) is 0 Å². The Bertz CT molecular complexity index is 1360. The van der Waals surface area contributed by atoms with Gasteiger partial charge in [0.15, 0.2) is 0 Å². The third-order valence-electron chi connectivity index (χ3n) is 7.10. The molecule has 10 nitrogen and oxygen atoms in total. The third-order valence-corrected chi connectivity index (χ3v) is 7.10. The SMILES string of the molecule is C[C@@H]1CN([C@@H](C)CO)C(=O)c2cc(-c3ccc(C(=O)N(C)C)cc3)cnc2O[C@H]1CN(C)C(=O)c1cccnc1. The normalized spacial score (nSPS) is 17.6. The van der Waals surface area contributed by atoms with E-state index in [0.717, 1.165) is 5.56 Å². The minimum absolute atomic E-state index is 0.104. The lowest BCUT2D eigenvalue weighted by molar-refractivity contribution is 0.0313. The number of amides is 3. The molecular formula is C30H35N5O5. The number of carbonyl (C=O) groups excluding carboxylic acids is 3. The van der Waals surface area contributed by atoms with Crippen LogP contribution in [0.5, 0.6) is 5.88 Å². The summed E-state index contributed by atoms with van der Waals surface area (Å²) in [4.78, 5) is 52.3. The van der Waals surface area contributed by atoms with E-state index >= 15 is 0 Å². The summed E-state index contributed by atoms with van der Waals surface area (Å²) in [5.41, 5.74) is 2.76. The number of fused-ring (bicyclic) bond motifs is 1. The van der Waals surface area contributed by atoms with Crippen LogP contribution in [0.2, 0.25) is 0 Å². The maximum atomic E-state index is 13.7. The standard InChI is InChI=1S/C30H35N5O5/c1-19-16-35(20(2)18-36)30(39)25-13-24(21-8-10-22(11-9-21)28(37)33(3)4)15-32-27(25)40-26(19)17-34(5)29(38)23-7-6-12-31-14-23/h6-15,19-20,26,36H,16-18H2,1-5H3/t19-,20+,26+/m1/s1. The first-order chi connectivity index (χ1) is 19.1. The quantitative estimate of drug-likeness (QED) is 0.485. The predicted octanol–water partition coefficient (Wildman–Crippen LogP) is 2.84. The Morgan fingerprint density at radius 2 is 1.80 bits per heavy atom. The van der Waals surface area contributed by atoms with Gasteiger partial charge in [-0.1, -0.05) is 19.1 Å². The molecule has 0 unspecified atom stereocenters. The van der Waals surface area contributed by atoms with E-state index in [1.165, 1.54) is 11.1 Å². The van der Waals surface area contributed by atoms with E-state index in [4.69, 9.17) is 4.74 Å². The second kappa shape index (κ2) is 12.3. The first-order valence-corrected chi connectivity index (χ1v) is 13.2. The van der Waals surface area contributed by atoms with Crippen molar-refractivity contribution in [1.82, 2.24) is 24.7 Å². The number of rotatable bonds is 7. The van der Waals surface area contributed by atoms with Gasteiger partial charge >= 0.3 is 0 Å². The molecule has 2 aromatic heterocycles. The summed E-state index contributed by atoms with van der Waals surface area (Å²) in [6.07, 6.45) is 4.29. The van der Waals surface area contributed by atoms with Gasteiger partial charge in [0, 0.05) is 63.3 Å². The molecule has 1 aliphatic rings. The van der Waals surface area contributed by atoms with Crippen molar-refractivity contribution in [2.75, 3.05) is 40.8 Å². The number of aliphatic hydroxyl groups excluding tert-OH is 1. The van der Waals surface area contributed by atoms with Crippen LogP contribution in [0, 0.1) is 5.92 Å². The molecule has 40 heavy (non-hydrogen) atoms. The highest BCUT2D eigenvalue weighted by Crippen LogP contribution is 2.30. The van der Waals surface area contributed by atoms with Crippen LogP contribution in [0.1, 0.15) is 44.9 Å². The molecule has 1 aliphatic heterocycles. The monoisotopic (exact) mass is 545 g/mol. The van der Waals surface area contributed by atoms with Gasteiger partial charge in [-0.2, -0.15) is 0 Å². The molecule has 1 aromatic carbocycles. The van der Waals surface area contributed by atoms with Gasteiger partial charge in [0.25, 0.3) is 17.7 Å². The summed E-state index contributed by atoms with van der Waals surface area (Å²) in [6.45, 7) is 4.12. The minimum Gasteiger partial charge on any atom is -0.472 e. The number of ether oxygens (including phenoxy) is 1. The Labute approximate surface area is 234 Å². The van der Waals surface area contributed by atoms with Gasteiger partial charge in [-0.05, 0) is 42.8 Å². The molecule has 210 valence electrons. The Kier molecular flexibility index (Phi) is 8.79. The second-order valence-electron chi connectivity index (χ2n) is 10.4. The zero-order chi connectivity index (χ0) is 29.0. The fraction of sp³-hybridized carbons (Fsp3) is 0.367. The van der Waals surface area contributed by atoms with Crippen LogP contribution < -0.4 is 4.74 Å². The van der Waals surface area contributed by atoms with Crippen molar-refractivity contribution in [3.05, 3.63) is 77.7 Å². The van der Waals surface area contributed by atoms with E-state index in [1.54, 1.807) is 80.6 Å². The van der Waals surface area contributed by atoms with Crippen molar-refractivity contribution in [2.45, 2.75) is 26.0 Å².